The summed E-state index contributed by atoms with van der Waals surface area (Å²) in [4.78, 5) is 16.0. The molecule has 1 rings (SSSR count). The van der Waals surface area contributed by atoms with E-state index in [9.17, 15) is 4.79 Å². The molecule has 0 aliphatic rings. The molecule has 0 aliphatic heterocycles. The fraction of sp³-hybridized carbons (Fsp3) is 0.556. The summed E-state index contributed by atoms with van der Waals surface area (Å²) in [6.45, 7) is 4.02. The second-order valence-electron chi connectivity index (χ2n) is 2.98. The van der Waals surface area contributed by atoms with Gasteiger partial charge in [-0.25, -0.2) is 4.98 Å². The van der Waals surface area contributed by atoms with Gasteiger partial charge in [-0.05, 0) is 19.8 Å². The highest BCUT2D eigenvalue weighted by molar-refractivity contribution is 7.11. The van der Waals surface area contributed by atoms with Crippen LogP contribution in [0, 0.1) is 6.92 Å². The molecule has 0 spiro atoms. The van der Waals surface area contributed by atoms with Crippen molar-refractivity contribution in [2.45, 2.75) is 33.1 Å². The van der Waals surface area contributed by atoms with Gasteiger partial charge in [-0.2, -0.15) is 0 Å². The quantitative estimate of drug-likeness (QED) is 0.803. The van der Waals surface area contributed by atoms with Crippen LogP contribution in [0.15, 0.2) is 0 Å². The minimum atomic E-state index is -0.420. The maximum Gasteiger partial charge on any atom is 0.268 e. The predicted octanol–water partition coefficient (Wildman–Crippen LogP) is 1.89. The molecule has 0 aromatic carbocycles. The molecule has 0 fully saturated rings. The molecule has 1 aromatic rings. The number of carbonyl (C=O) groups excluding carboxylic acids is 1. The first kappa shape index (κ1) is 10.2. The number of hydrogen-bond donors (Lipinski definition) is 1. The molecule has 0 saturated carbocycles. The molecule has 0 atom stereocenters. The lowest BCUT2D eigenvalue weighted by Gasteiger charge is -1.90. The molecule has 3 nitrogen and oxygen atoms in total. The standard InChI is InChI=1S/C9H14N2OS/c1-3-4-5-7-11-8(9(10)12)6(2)13-7/h3-5H2,1-2H3,(H2,10,12). The van der Waals surface area contributed by atoms with Crippen LogP contribution in [0.5, 0.6) is 0 Å². The summed E-state index contributed by atoms with van der Waals surface area (Å²) >= 11 is 1.57. The number of unbranched alkanes of at least 4 members (excludes halogenated alkanes) is 1. The van der Waals surface area contributed by atoms with E-state index in [0.717, 1.165) is 29.1 Å². The largest absolute Gasteiger partial charge is 0.364 e. The van der Waals surface area contributed by atoms with E-state index >= 15 is 0 Å². The van der Waals surface area contributed by atoms with E-state index in [1.807, 2.05) is 6.92 Å². The van der Waals surface area contributed by atoms with E-state index in [4.69, 9.17) is 5.73 Å². The predicted molar refractivity (Wildman–Crippen MR) is 54.0 cm³/mol. The second-order valence-corrected chi connectivity index (χ2v) is 4.27. The Balaban J connectivity index is 2.76. The first-order valence-electron chi connectivity index (χ1n) is 4.41. The van der Waals surface area contributed by atoms with Gasteiger partial charge >= 0.3 is 0 Å². The highest BCUT2D eigenvalue weighted by atomic mass is 32.1. The van der Waals surface area contributed by atoms with Gasteiger partial charge in [0.1, 0.15) is 5.69 Å². The Morgan fingerprint density at radius 1 is 1.62 bits per heavy atom. The number of nitrogens with two attached hydrogens (primary N) is 1. The van der Waals surface area contributed by atoms with Gasteiger partial charge in [-0.15, -0.1) is 11.3 Å². The normalized spacial score (nSPS) is 10.3. The SMILES string of the molecule is CCCCc1nc(C(N)=O)c(C)s1. The lowest BCUT2D eigenvalue weighted by Crippen LogP contribution is -2.12. The van der Waals surface area contributed by atoms with Crippen molar-refractivity contribution in [2.75, 3.05) is 0 Å². The Morgan fingerprint density at radius 3 is 2.77 bits per heavy atom. The van der Waals surface area contributed by atoms with Crippen LogP contribution in [0.3, 0.4) is 0 Å². The van der Waals surface area contributed by atoms with Crippen molar-refractivity contribution in [3.63, 3.8) is 0 Å². The van der Waals surface area contributed by atoms with Crippen LogP contribution in [-0.2, 0) is 6.42 Å². The van der Waals surface area contributed by atoms with Gasteiger partial charge in [-0.1, -0.05) is 13.3 Å². The number of amides is 1. The maximum atomic E-state index is 10.9. The number of rotatable bonds is 4. The molecule has 13 heavy (non-hydrogen) atoms. The molecule has 0 saturated heterocycles. The molecular weight excluding hydrogens is 184 g/mol. The number of hydrogen-bond acceptors (Lipinski definition) is 3. The fourth-order valence-corrected chi connectivity index (χ4v) is 2.09. The molecule has 1 aromatic heterocycles. The summed E-state index contributed by atoms with van der Waals surface area (Å²) in [5.41, 5.74) is 5.60. The van der Waals surface area contributed by atoms with Crippen LogP contribution in [0.4, 0.5) is 0 Å². The molecule has 0 unspecified atom stereocenters. The molecule has 0 aliphatic carbocycles. The number of aromatic nitrogens is 1. The van der Waals surface area contributed by atoms with Crippen molar-refractivity contribution in [1.82, 2.24) is 4.98 Å². The summed E-state index contributed by atoms with van der Waals surface area (Å²) in [6, 6.07) is 0. The maximum absolute atomic E-state index is 10.9. The molecule has 0 radical (unpaired) electrons. The first-order valence-corrected chi connectivity index (χ1v) is 5.23. The third-order valence-corrected chi connectivity index (χ3v) is 2.85. The lowest BCUT2D eigenvalue weighted by atomic mass is 10.3. The van der Waals surface area contributed by atoms with E-state index in [1.54, 1.807) is 11.3 Å². The highest BCUT2D eigenvalue weighted by Crippen LogP contribution is 2.18. The molecule has 2 N–H and O–H groups in total. The number of nitrogens with zero attached hydrogens (tertiary/aromatic N) is 1. The number of carbonyl (C=O) groups is 1. The average molecular weight is 198 g/mol. The van der Waals surface area contributed by atoms with Crippen LogP contribution >= 0.6 is 11.3 Å². The Bertz CT molecular complexity index is 307. The monoisotopic (exact) mass is 198 g/mol. The summed E-state index contributed by atoms with van der Waals surface area (Å²) in [5.74, 6) is -0.420. The highest BCUT2D eigenvalue weighted by Gasteiger charge is 2.11. The van der Waals surface area contributed by atoms with Gasteiger partial charge in [0, 0.05) is 4.88 Å². The zero-order chi connectivity index (χ0) is 9.84. The third kappa shape index (κ3) is 2.52. The van der Waals surface area contributed by atoms with Crippen LogP contribution in [0.25, 0.3) is 0 Å². The number of primary amides is 1. The number of aryl methyl sites for hydroxylation is 2. The van der Waals surface area contributed by atoms with Crippen molar-refractivity contribution in [3.8, 4) is 0 Å². The second kappa shape index (κ2) is 4.37. The van der Waals surface area contributed by atoms with Gasteiger partial charge in [0.25, 0.3) is 5.91 Å². The van der Waals surface area contributed by atoms with Crippen LogP contribution < -0.4 is 5.73 Å². The van der Waals surface area contributed by atoms with Crippen molar-refractivity contribution in [3.05, 3.63) is 15.6 Å². The smallest absolute Gasteiger partial charge is 0.268 e. The Kier molecular flexibility index (Phi) is 3.42. The van der Waals surface area contributed by atoms with E-state index in [1.165, 1.54) is 0 Å². The van der Waals surface area contributed by atoms with Crippen LogP contribution in [-0.4, -0.2) is 10.9 Å². The van der Waals surface area contributed by atoms with Crippen molar-refractivity contribution < 1.29 is 4.79 Å². The van der Waals surface area contributed by atoms with Gasteiger partial charge < -0.3 is 5.73 Å². The van der Waals surface area contributed by atoms with E-state index in [0.29, 0.717) is 5.69 Å². The third-order valence-electron chi connectivity index (χ3n) is 1.82. The average Bonchev–Trinajstić information content (AvgIpc) is 2.43. The molecule has 1 amide bonds. The minimum Gasteiger partial charge on any atom is -0.364 e. The van der Waals surface area contributed by atoms with Crippen molar-refractivity contribution in [2.24, 2.45) is 5.73 Å². The first-order chi connectivity index (χ1) is 6.15. The van der Waals surface area contributed by atoms with Gasteiger partial charge in [0.15, 0.2) is 0 Å². The van der Waals surface area contributed by atoms with Crippen molar-refractivity contribution in [1.29, 1.82) is 0 Å². The van der Waals surface area contributed by atoms with Gasteiger partial charge in [0.05, 0.1) is 5.01 Å². The Morgan fingerprint density at radius 2 is 2.31 bits per heavy atom. The molecule has 4 heteroatoms. The van der Waals surface area contributed by atoms with Crippen molar-refractivity contribution >= 4 is 17.2 Å². The summed E-state index contributed by atoms with van der Waals surface area (Å²) in [6.07, 6.45) is 3.21. The van der Waals surface area contributed by atoms with Gasteiger partial charge in [-0.3, -0.25) is 4.79 Å². The molecule has 72 valence electrons. The summed E-state index contributed by atoms with van der Waals surface area (Å²) < 4.78 is 0. The fourth-order valence-electron chi connectivity index (χ4n) is 1.11. The lowest BCUT2D eigenvalue weighted by molar-refractivity contribution is 0.0995. The minimum absolute atomic E-state index is 0.420. The number of thiazole rings is 1. The summed E-state index contributed by atoms with van der Waals surface area (Å²) in [5, 5.41) is 1.02. The molecule has 0 bridgehead atoms. The van der Waals surface area contributed by atoms with Gasteiger partial charge in [0.2, 0.25) is 0 Å². The van der Waals surface area contributed by atoms with E-state index in [2.05, 4.69) is 11.9 Å². The zero-order valence-electron chi connectivity index (χ0n) is 7.96. The molecule has 1 heterocycles. The van der Waals surface area contributed by atoms with E-state index < -0.39 is 5.91 Å². The van der Waals surface area contributed by atoms with Crippen LogP contribution in [0.2, 0.25) is 0 Å². The Hall–Kier alpha value is -0.900. The Labute approximate surface area is 82.0 Å². The summed E-state index contributed by atoms with van der Waals surface area (Å²) in [7, 11) is 0. The topological polar surface area (TPSA) is 56.0 Å². The molecular formula is C9H14N2OS. The zero-order valence-corrected chi connectivity index (χ0v) is 8.78. The van der Waals surface area contributed by atoms with E-state index in [-0.39, 0.29) is 0 Å². The van der Waals surface area contributed by atoms with Crippen LogP contribution in [0.1, 0.15) is 40.1 Å².